The first kappa shape index (κ1) is 12.4. The molecular formula is C10H16N4O2S. The van der Waals surface area contributed by atoms with E-state index in [1.807, 2.05) is 0 Å². The molecule has 17 heavy (non-hydrogen) atoms. The summed E-state index contributed by atoms with van der Waals surface area (Å²) in [6, 6.07) is 1.70. The van der Waals surface area contributed by atoms with E-state index in [1.54, 1.807) is 12.3 Å². The van der Waals surface area contributed by atoms with Gasteiger partial charge in [-0.3, -0.25) is 0 Å². The number of nitrogens with zero attached hydrogens (tertiary/aromatic N) is 2. The van der Waals surface area contributed by atoms with Gasteiger partial charge in [-0.1, -0.05) is 0 Å². The fourth-order valence-electron chi connectivity index (χ4n) is 1.80. The monoisotopic (exact) mass is 256 g/mol. The number of aromatic nitrogens is 2. The SMILES string of the molecule is O=S(=O)(NCc1ccncn1)C1CCCNC1. The van der Waals surface area contributed by atoms with Crippen LogP contribution in [-0.4, -0.2) is 36.7 Å². The molecule has 2 N–H and O–H groups in total. The first-order valence-corrected chi connectivity index (χ1v) is 7.17. The maximum Gasteiger partial charge on any atom is 0.216 e. The highest BCUT2D eigenvalue weighted by Gasteiger charge is 2.26. The molecule has 0 aliphatic carbocycles. The summed E-state index contributed by atoms with van der Waals surface area (Å²) < 4.78 is 26.5. The van der Waals surface area contributed by atoms with Crippen LogP contribution in [0, 0.1) is 0 Å². The molecule has 0 radical (unpaired) electrons. The molecule has 1 aliphatic rings. The van der Waals surface area contributed by atoms with Gasteiger partial charge in [0.2, 0.25) is 10.0 Å². The molecule has 94 valence electrons. The number of piperidine rings is 1. The third-order valence-electron chi connectivity index (χ3n) is 2.79. The number of sulfonamides is 1. The lowest BCUT2D eigenvalue weighted by Crippen LogP contribution is -2.44. The topological polar surface area (TPSA) is 84.0 Å². The van der Waals surface area contributed by atoms with Crippen LogP contribution >= 0.6 is 0 Å². The van der Waals surface area contributed by atoms with Gasteiger partial charge in [-0.05, 0) is 25.5 Å². The largest absolute Gasteiger partial charge is 0.315 e. The third-order valence-corrected chi connectivity index (χ3v) is 4.61. The van der Waals surface area contributed by atoms with Crippen molar-refractivity contribution in [3.8, 4) is 0 Å². The highest BCUT2D eigenvalue weighted by atomic mass is 32.2. The van der Waals surface area contributed by atoms with Crippen molar-refractivity contribution in [1.29, 1.82) is 0 Å². The van der Waals surface area contributed by atoms with Gasteiger partial charge in [-0.2, -0.15) is 0 Å². The second-order valence-electron chi connectivity index (χ2n) is 4.04. The zero-order valence-corrected chi connectivity index (χ0v) is 10.3. The summed E-state index contributed by atoms with van der Waals surface area (Å²) in [4.78, 5) is 7.75. The molecule has 1 atom stereocenters. The van der Waals surface area contributed by atoms with Crippen molar-refractivity contribution in [2.45, 2.75) is 24.6 Å². The predicted octanol–water partition coefficient (Wildman–Crippen LogP) is -0.352. The molecule has 2 heterocycles. The maximum absolute atomic E-state index is 12.0. The molecule has 1 aromatic heterocycles. The summed E-state index contributed by atoms with van der Waals surface area (Å²) in [5.74, 6) is 0. The highest BCUT2D eigenvalue weighted by molar-refractivity contribution is 7.90. The van der Waals surface area contributed by atoms with Crippen LogP contribution in [0.2, 0.25) is 0 Å². The van der Waals surface area contributed by atoms with E-state index in [1.165, 1.54) is 6.33 Å². The Morgan fingerprint density at radius 3 is 3.06 bits per heavy atom. The first-order chi connectivity index (χ1) is 8.18. The molecular weight excluding hydrogens is 240 g/mol. The molecule has 0 saturated carbocycles. The Balaban J connectivity index is 1.93. The molecule has 1 saturated heterocycles. The second-order valence-corrected chi connectivity index (χ2v) is 6.08. The summed E-state index contributed by atoms with van der Waals surface area (Å²) in [7, 11) is -3.25. The van der Waals surface area contributed by atoms with Crippen molar-refractivity contribution in [2.75, 3.05) is 13.1 Å². The van der Waals surface area contributed by atoms with Crippen LogP contribution in [0.25, 0.3) is 0 Å². The second kappa shape index (κ2) is 5.52. The summed E-state index contributed by atoms with van der Waals surface area (Å²) in [6.07, 6.45) is 4.62. The van der Waals surface area contributed by atoms with E-state index in [4.69, 9.17) is 0 Å². The minimum atomic E-state index is -3.25. The molecule has 1 fully saturated rings. The molecule has 0 aromatic carbocycles. The molecule has 0 amide bonds. The van der Waals surface area contributed by atoms with Gasteiger partial charge < -0.3 is 5.32 Å². The van der Waals surface area contributed by atoms with E-state index in [9.17, 15) is 8.42 Å². The molecule has 1 aromatic rings. The maximum atomic E-state index is 12.0. The van der Waals surface area contributed by atoms with Gasteiger partial charge >= 0.3 is 0 Å². The van der Waals surface area contributed by atoms with Crippen molar-refractivity contribution in [3.05, 3.63) is 24.3 Å². The highest BCUT2D eigenvalue weighted by Crippen LogP contribution is 2.10. The van der Waals surface area contributed by atoms with Gasteiger partial charge in [0.05, 0.1) is 17.5 Å². The van der Waals surface area contributed by atoms with Gasteiger partial charge in [0.1, 0.15) is 6.33 Å². The molecule has 2 rings (SSSR count). The van der Waals surface area contributed by atoms with Crippen molar-refractivity contribution < 1.29 is 8.42 Å². The Morgan fingerprint density at radius 2 is 2.41 bits per heavy atom. The number of rotatable bonds is 4. The molecule has 0 bridgehead atoms. The van der Waals surface area contributed by atoms with Gasteiger partial charge in [-0.15, -0.1) is 0 Å². The smallest absolute Gasteiger partial charge is 0.216 e. The van der Waals surface area contributed by atoms with Crippen molar-refractivity contribution >= 4 is 10.0 Å². The summed E-state index contributed by atoms with van der Waals surface area (Å²) >= 11 is 0. The zero-order valence-electron chi connectivity index (χ0n) is 9.46. The lowest BCUT2D eigenvalue weighted by molar-refractivity contribution is 0.489. The average Bonchev–Trinajstić information content (AvgIpc) is 2.39. The van der Waals surface area contributed by atoms with Gasteiger partial charge in [0.25, 0.3) is 0 Å². The Morgan fingerprint density at radius 1 is 1.53 bits per heavy atom. The molecule has 0 spiro atoms. The molecule has 1 unspecified atom stereocenters. The Labute approximate surface area is 101 Å². The molecule has 7 heteroatoms. The molecule has 1 aliphatic heterocycles. The normalized spacial score (nSPS) is 21.3. The Kier molecular flexibility index (Phi) is 4.03. The molecule has 6 nitrogen and oxygen atoms in total. The van der Waals surface area contributed by atoms with Crippen LogP contribution in [-0.2, 0) is 16.6 Å². The quantitative estimate of drug-likeness (QED) is 0.769. The van der Waals surface area contributed by atoms with E-state index in [0.717, 1.165) is 13.0 Å². The van der Waals surface area contributed by atoms with Crippen LogP contribution in [0.5, 0.6) is 0 Å². The number of nitrogens with one attached hydrogen (secondary N) is 2. The zero-order chi connectivity index (χ0) is 12.1. The Hall–Kier alpha value is -1.05. The van der Waals surface area contributed by atoms with Crippen LogP contribution in [0.1, 0.15) is 18.5 Å². The minimum Gasteiger partial charge on any atom is -0.315 e. The van der Waals surface area contributed by atoms with Gasteiger partial charge in [-0.25, -0.2) is 23.1 Å². The third kappa shape index (κ3) is 3.45. The minimum absolute atomic E-state index is 0.224. The lowest BCUT2D eigenvalue weighted by Gasteiger charge is -2.22. The van der Waals surface area contributed by atoms with Crippen molar-refractivity contribution in [3.63, 3.8) is 0 Å². The lowest BCUT2D eigenvalue weighted by atomic mass is 10.2. The predicted molar refractivity (Wildman–Crippen MR) is 63.7 cm³/mol. The first-order valence-electron chi connectivity index (χ1n) is 5.62. The summed E-state index contributed by atoms with van der Waals surface area (Å²) in [5.41, 5.74) is 0.673. The van der Waals surface area contributed by atoms with Crippen LogP contribution in [0.15, 0.2) is 18.6 Å². The van der Waals surface area contributed by atoms with E-state index < -0.39 is 10.0 Å². The number of hydrogen-bond acceptors (Lipinski definition) is 5. The van der Waals surface area contributed by atoms with E-state index in [0.29, 0.717) is 18.7 Å². The Bertz CT molecular complexity index is 443. The van der Waals surface area contributed by atoms with E-state index in [-0.39, 0.29) is 11.8 Å². The van der Waals surface area contributed by atoms with Crippen LogP contribution in [0.3, 0.4) is 0 Å². The van der Waals surface area contributed by atoms with Crippen molar-refractivity contribution in [1.82, 2.24) is 20.0 Å². The summed E-state index contributed by atoms with van der Waals surface area (Å²) in [6.45, 7) is 1.65. The van der Waals surface area contributed by atoms with Gasteiger partial charge in [0.15, 0.2) is 0 Å². The summed E-state index contributed by atoms with van der Waals surface area (Å²) in [5, 5.41) is 2.76. The average molecular weight is 256 g/mol. The fourth-order valence-corrected chi connectivity index (χ4v) is 3.20. The van der Waals surface area contributed by atoms with Gasteiger partial charge in [0, 0.05) is 12.7 Å². The number of hydrogen-bond donors (Lipinski definition) is 2. The standard InChI is InChI=1S/C10H16N4O2S/c15-17(16,10-2-1-4-11-7-10)14-6-9-3-5-12-8-13-9/h3,5,8,10-11,14H,1-2,4,6-7H2. The van der Waals surface area contributed by atoms with E-state index >= 15 is 0 Å². The van der Waals surface area contributed by atoms with Crippen LogP contribution < -0.4 is 10.0 Å². The van der Waals surface area contributed by atoms with Crippen LogP contribution in [0.4, 0.5) is 0 Å². The fraction of sp³-hybridized carbons (Fsp3) is 0.600. The van der Waals surface area contributed by atoms with Crippen molar-refractivity contribution in [2.24, 2.45) is 0 Å². The van der Waals surface area contributed by atoms with E-state index in [2.05, 4.69) is 20.0 Å².